The number of rotatable bonds is 9. The first-order chi connectivity index (χ1) is 7.70. The molecule has 0 aliphatic heterocycles. The number of carbonyl (C=O) groups excluding carboxylic acids is 2. The summed E-state index contributed by atoms with van der Waals surface area (Å²) in [6.07, 6.45) is 6.10. The highest BCUT2D eigenvalue weighted by atomic mass is 16.5. The van der Waals surface area contributed by atoms with E-state index in [1.165, 1.54) is 0 Å². The molecule has 0 rings (SSSR count). The van der Waals surface area contributed by atoms with Crippen LogP contribution in [0.4, 0.5) is 0 Å². The van der Waals surface area contributed by atoms with Crippen LogP contribution in [-0.4, -0.2) is 18.5 Å². The highest BCUT2D eigenvalue weighted by molar-refractivity contribution is 5.81. The molecule has 90 valence electrons. The lowest BCUT2D eigenvalue weighted by Crippen LogP contribution is -2.02. The second-order valence-corrected chi connectivity index (χ2v) is 3.19. The largest absolute Gasteiger partial charge is 0.463 e. The lowest BCUT2D eigenvalue weighted by molar-refractivity contribution is -0.138. The van der Waals surface area contributed by atoms with E-state index in [1.807, 2.05) is 0 Å². The Balaban J connectivity index is 3.21. The van der Waals surface area contributed by atoms with E-state index < -0.39 is 5.97 Å². The molecule has 0 N–H and O–H groups in total. The van der Waals surface area contributed by atoms with Crippen molar-refractivity contribution in [2.45, 2.75) is 32.1 Å². The van der Waals surface area contributed by atoms with E-state index in [1.54, 1.807) is 0 Å². The van der Waals surface area contributed by atoms with Crippen LogP contribution < -0.4 is 0 Å². The predicted molar refractivity (Wildman–Crippen MR) is 60.5 cm³/mol. The second kappa shape index (κ2) is 9.96. The van der Waals surface area contributed by atoms with Crippen molar-refractivity contribution in [3.8, 4) is 0 Å². The number of ether oxygens (including phenoxy) is 2. The molecule has 0 fully saturated rings. The van der Waals surface area contributed by atoms with Gasteiger partial charge in [-0.3, -0.25) is 4.79 Å². The lowest BCUT2D eigenvalue weighted by atomic mass is 10.1. The molecule has 0 aliphatic rings. The van der Waals surface area contributed by atoms with E-state index in [2.05, 4.69) is 17.9 Å². The highest BCUT2D eigenvalue weighted by Crippen LogP contribution is 2.04. The second-order valence-electron chi connectivity index (χ2n) is 3.19. The first-order valence-corrected chi connectivity index (χ1v) is 5.30. The number of esters is 2. The highest BCUT2D eigenvalue weighted by Gasteiger charge is 2.00. The maximum Gasteiger partial charge on any atom is 0.330 e. The standard InChI is InChI=1S/C12H18O4/c1-3-11(13)16-10-8-6-5-7-9-12(14)15-4-2/h3-4H,1-2,5-10H2. The Morgan fingerprint density at radius 1 is 1.06 bits per heavy atom. The molecule has 0 bridgehead atoms. The van der Waals surface area contributed by atoms with E-state index in [4.69, 9.17) is 4.74 Å². The van der Waals surface area contributed by atoms with Crippen molar-refractivity contribution in [2.75, 3.05) is 6.61 Å². The van der Waals surface area contributed by atoms with Gasteiger partial charge in [0.25, 0.3) is 0 Å². The van der Waals surface area contributed by atoms with E-state index in [0.29, 0.717) is 13.0 Å². The number of carbonyl (C=O) groups is 2. The Labute approximate surface area is 95.9 Å². The number of hydrogen-bond donors (Lipinski definition) is 0. The zero-order chi connectivity index (χ0) is 12.2. The molecule has 16 heavy (non-hydrogen) atoms. The van der Waals surface area contributed by atoms with Gasteiger partial charge in [0.1, 0.15) is 0 Å². The van der Waals surface area contributed by atoms with Gasteiger partial charge in [-0.2, -0.15) is 0 Å². The zero-order valence-corrected chi connectivity index (χ0v) is 9.44. The molecule has 0 radical (unpaired) electrons. The molecule has 0 saturated carbocycles. The van der Waals surface area contributed by atoms with Crippen molar-refractivity contribution >= 4 is 11.9 Å². The van der Waals surface area contributed by atoms with Crippen LogP contribution in [0.15, 0.2) is 25.5 Å². The third-order valence-electron chi connectivity index (χ3n) is 1.90. The van der Waals surface area contributed by atoms with Crippen molar-refractivity contribution in [3.05, 3.63) is 25.5 Å². The summed E-state index contributed by atoms with van der Waals surface area (Å²) in [5.74, 6) is -0.650. The number of unbranched alkanes of at least 4 members (excludes halogenated alkanes) is 3. The quantitative estimate of drug-likeness (QED) is 0.262. The maximum absolute atomic E-state index is 10.9. The number of hydrogen-bond acceptors (Lipinski definition) is 4. The molecule has 0 aliphatic carbocycles. The summed E-state index contributed by atoms with van der Waals surface area (Å²) in [6, 6.07) is 0. The molecule has 0 saturated heterocycles. The van der Waals surface area contributed by atoms with Crippen molar-refractivity contribution in [1.29, 1.82) is 0 Å². The van der Waals surface area contributed by atoms with Crippen LogP contribution in [0, 0.1) is 0 Å². The maximum atomic E-state index is 10.9. The summed E-state index contributed by atoms with van der Waals surface area (Å²) in [6.45, 7) is 6.99. The average molecular weight is 226 g/mol. The minimum atomic E-state index is -0.394. The molecular weight excluding hydrogens is 208 g/mol. The fourth-order valence-corrected chi connectivity index (χ4v) is 1.11. The van der Waals surface area contributed by atoms with Crippen LogP contribution in [0.2, 0.25) is 0 Å². The van der Waals surface area contributed by atoms with E-state index in [0.717, 1.165) is 38.0 Å². The van der Waals surface area contributed by atoms with Crippen molar-refractivity contribution < 1.29 is 19.1 Å². The monoisotopic (exact) mass is 226 g/mol. The SMILES string of the molecule is C=COC(=O)CCCCCCOC(=O)C=C. The van der Waals surface area contributed by atoms with Gasteiger partial charge in [-0.1, -0.05) is 26.0 Å². The molecule has 0 heterocycles. The molecule has 4 nitrogen and oxygen atoms in total. The van der Waals surface area contributed by atoms with E-state index in [-0.39, 0.29) is 5.97 Å². The van der Waals surface area contributed by atoms with Gasteiger partial charge in [-0.05, 0) is 12.8 Å². The summed E-state index contributed by atoms with van der Waals surface area (Å²) in [4.78, 5) is 21.5. The summed E-state index contributed by atoms with van der Waals surface area (Å²) >= 11 is 0. The molecular formula is C12H18O4. The van der Waals surface area contributed by atoms with Crippen molar-refractivity contribution in [3.63, 3.8) is 0 Å². The smallest absolute Gasteiger partial charge is 0.330 e. The van der Waals surface area contributed by atoms with Gasteiger partial charge in [0.05, 0.1) is 12.9 Å². The van der Waals surface area contributed by atoms with Crippen LogP contribution in [0.3, 0.4) is 0 Å². The van der Waals surface area contributed by atoms with Gasteiger partial charge in [0, 0.05) is 12.5 Å². The summed E-state index contributed by atoms with van der Waals surface area (Å²) < 4.78 is 9.36. The van der Waals surface area contributed by atoms with Gasteiger partial charge >= 0.3 is 11.9 Å². The lowest BCUT2D eigenvalue weighted by Gasteiger charge is -2.02. The van der Waals surface area contributed by atoms with Crippen LogP contribution in [0.25, 0.3) is 0 Å². The first kappa shape index (κ1) is 14.4. The van der Waals surface area contributed by atoms with Crippen molar-refractivity contribution in [2.24, 2.45) is 0 Å². The molecule has 4 heteroatoms. The predicted octanol–water partition coefficient (Wildman–Crippen LogP) is 2.35. The topological polar surface area (TPSA) is 52.6 Å². The molecule has 0 amide bonds. The zero-order valence-electron chi connectivity index (χ0n) is 9.44. The van der Waals surface area contributed by atoms with Gasteiger partial charge < -0.3 is 9.47 Å². The molecule has 0 aromatic rings. The molecule has 0 spiro atoms. The third-order valence-corrected chi connectivity index (χ3v) is 1.90. The summed E-state index contributed by atoms with van der Waals surface area (Å²) in [5.41, 5.74) is 0. The van der Waals surface area contributed by atoms with Gasteiger partial charge in [0.2, 0.25) is 0 Å². The Morgan fingerprint density at radius 2 is 1.75 bits per heavy atom. The summed E-state index contributed by atoms with van der Waals surface area (Å²) in [5, 5.41) is 0. The van der Waals surface area contributed by atoms with Crippen LogP contribution in [0.1, 0.15) is 32.1 Å². The van der Waals surface area contributed by atoms with Crippen molar-refractivity contribution in [1.82, 2.24) is 0 Å². The Hall–Kier alpha value is -1.58. The third kappa shape index (κ3) is 8.99. The minimum Gasteiger partial charge on any atom is -0.463 e. The minimum absolute atomic E-state index is 0.256. The van der Waals surface area contributed by atoms with E-state index in [9.17, 15) is 9.59 Å². The van der Waals surface area contributed by atoms with Gasteiger partial charge in [-0.25, -0.2) is 4.79 Å². The molecule has 0 unspecified atom stereocenters. The Kier molecular flexibility index (Phi) is 8.97. The Bertz CT molecular complexity index is 245. The van der Waals surface area contributed by atoms with Crippen LogP contribution in [-0.2, 0) is 19.1 Å². The van der Waals surface area contributed by atoms with E-state index >= 15 is 0 Å². The molecule has 0 atom stereocenters. The normalized spacial score (nSPS) is 9.25. The van der Waals surface area contributed by atoms with Crippen LogP contribution >= 0.6 is 0 Å². The molecule has 0 aromatic carbocycles. The first-order valence-electron chi connectivity index (χ1n) is 5.30. The van der Waals surface area contributed by atoms with Gasteiger partial charge in [0.15, 0.2) is 0 Å². The van der Waals surface area contributed by atoms with Gasteiger partial charge in [-0.15, -0.1) is 0 Å². The summed E-state index contributed by atoms with van der Waals surface area (Å²) in [7, 11) is 0. The fourth-order valence-electron chi connectivity index (χ4n) is 1.11. The fraction of sp³-hybridized carbons (Fsp3) is 0.500. The average Bonchev–Trinajstić information content (AvgIpc) is 2.27. The Morgan fingerprint density at radius 3 is 2.38 bits per heavy atom. The van der Waals surface area contributed by atoms with Crippen LogP contribution in [0.5, 0.6) is 0 Å². The molecule has 0 aromatic heterocycles.